The molecule has 0 aliphatic carbocycles. The number of hydrogen-bond acceptors (Lipinski definition) is 7. The van der Waals surface area contributed by atoms with Gasteiger partial charge in [0, 0.05) is 11.5 Å². The Hall–Kier alpha value is -3.22. The first-order chi connectivity index (χ1) is 11.1. The Kier molecular flexibility index (Phi) is 3.76. The zero-order chi connectivity index (χ0) is 16.4. The van der Waals surface area contributed by atoms with Crippen molar-refractivity contribution in [2.75, 3.05) is 6.61 Å². The van der Waals surface area contributed by atoms with E-state index < -0.39 is 17.4 Å². The minimum Gasteiger partial charge on any atom is -0.460 e. The van der Waals surface area contributed by atoms with E-state index in [1.54, 1.807) is 31.2 Å². The smallest absolute Gasteiger partial charge is 0.377 e. The van der Waals surface area contributed by atoms with Crippen molar-refractivity contribution in [2.24, 2.45) is 0 Å². The number of rotatable bonds is 4. The summed E-state index contributed by atoms with van der Waals surface area (Å²) in [5.41, 5.74) is -0.765. The number of fused-ring (bicyclic) bond motifs is 1. The van der Waals surface area contributed by atoms with Crippen molar-refractivity contribution < 1.29 is 23.3 Å². The lowest BCUT2D eigenvalue weighted by atomic mass is 10.1. The molecule has 2 heterocycles. The summed E-state index contributed by atoms with van der Waals surface area (Å²) in [6.45, 7) is 1.80. The van der Waals surface area contributed by atoms with E-state index in [4.69, 9.17) is 13.7 Å². The maximum Gasteiger partial charge on any atom is 0.377 e. The number of para-hydroxylation sites is 1. The molecule has 0 spiro atoms. The lowest BCUT2D eigenvalue weighted by molar-refractivity contribution is 0.0479. The second kappa shape index (κ2) is 5.88. The predicted octanol–water partition coefficient (Wildman–Crippen LogP) is 2.19. The monoisotopic (exact) mass is 313 g/mol. The number of aromatic nitrogens is 1. The molecule has 3 rings (SSSR count). The van der Waals surface area contributed by atoms with Gasteiger partial charge in [0.25, 0.3) is 0 Å². The molecule has 7 heteroatoms. The van der Waals surface area contributed by atoms with Crippen LogP contribution in [0.15, 0.2) is 50.1 Å². The molecule has 0 unspecified atom stereocenters. The maximum atomic E-state index is 12.4. The molecule has 0 atom stereocenters. The average Bonchev–Trinajstić information content (AvgIpc) is 3.04. The zero-order valence-corrected chi connectivity index (χ0v) is 12.1. The molecule has 0 fully saturated rings. The van der Waals surface area contributed by atoms with E-state index in [-0.39, 0.29) is 23.6 Å². The van der Waals surface area contributed by atoms with Crippen molar-refractivity contribution in [3.05, 3.63) is 63.8 Å². The van der Waals surface area contributed by atoms with Crippen LogP contribution in [0.1, 0.15) is 33.5 Å². The molecule has 0 saturated heterocycles. The van der Waals surface area contributed by atoms with E-state index in [1.165, 1.54) is 6.07 Å². The first kappa shape index (κ1) is 14.7. The van der Waals surface area contributed by atoms with Gasteiger partial charge in [-0.3, -0.25) is 4.79 Å². The Morgan fingerprint density at radius 3 is 2.78 bits per heavy atom. The van der Waals surface area contributed by atoms with E-state index >= 15 is 0 Å². The summed E-state index contributed by atoms with van der Waals surface area (Å²) >= 11 is 0. The van der Waals surface area contributed by atoms with Crippen LogP contribution in [0.25, 0.3) is 11.0 Å². The van der Waals surface area contributed by atoms with Crippen molar-refractivity contribution in [3.8, 4) is 0 Å². The SMILES string of the molecule is CCOC(=O)c1cc(C(=O)c2cc3ccccc3oc2=O)no1. The maximum absolute atomic E-state index is 12.4. The van der Waals surface area contributed by atoms with Crippen LogP contribution in [0.4, 0.5) is 0 Å². The molecule has 0 aliphatic rings. The second-order valence-electron chi connectivity index (χ2n) is 4.61. The number of carbonyl (C=O) groups excluding carboxylic acids is 2. The first-order valence-corrected chi connectivity index (χ1v) is 6.81. The van der Waals surface area contributed by atoms with Crippen LogP contribution < -0.4 is 5.63 Å². The molecule has 0 N–H and O–H groups in total. The first-order valence-electron chi connectivity index (χ1n) is 6.81. The molecule has 0 amide bonds. The van der Waals surface area contributed by atoms with Gasteiger partial charge in [0.15, 0.2) is 5.69 Å². The summed E-state index contributed by atoms with van der Waals surface area (Å²) in [5.74, 6) is -1.63. The molecule has 1 aromatic carbocycles. The lowest BCUT2D eigenvalue weighted by Crippen LogP contribution is -2.15. The van der Waals surface area contributed by atoms with Crippen LogP contribution in [0.5, 0.6) is 0 Å². The number of hydrogen-bond donors (Lipinski definition) is 0. The number of carbonyl (C=O) groups is 2. The van der Waals surface area contributed by atoms with E-state index in [0.717, 1.165) is 6.07 Å². The van der Waals surface area contributed by atoms with E-state index in [9.17, 15) is 14.4 Å². The highest BCUT2D eigenvalue weighted by Gasteiger charge is 2.22. The fourth-order valence-electron chi connectivity index (χ4n) is 2.04. The Morgan fingerprint density at radius 2 is 2.00 bits per heavy atom. The summed E-state index contributed by atoms with van der Waals surface area (Å²) in [6.07, 6.45) is 0. The van der Waals surface area contributed by atoms with E-state index in [2.05, 4.69) is 5.16 Å². The number of ketones is 1. The molecular formula is C16H11NO6. The Labute approximate surface area is 129 Å². The van der Waals surface area contributed by atoms with Gasteiger partial charge in [-0.15, -0.1) is 0 Å². The van der Waals surface area contributed by atoms with Gasteiger partial charge < -0.3 is 13.7 Å². The molecule has 0 saturated carbocycles. The molecule has 0 aliphatic heterocycles. The zero-order valence-electron chi connectivity index (χ0n) is 12.1. The van der Waals surface area contributed by atoms with Crippen LogP contribution >= 0.6 is 0 Å². The third-order valence-corrected chi connectivity index (χ3v) is 3.11. The second-order valence-corrected chi connectivity index (χ2v) is 4.61. The number of esters is 1. The third kappa shape index (κ3) is 2.76. The molecule has 3 aromatic rings. The minimum atomic E-state index is -0.783. The van der Waals surface area contributed by atoms with Crippen molar-refractivity contribution in [1.82, 2.24) is 5.16 Å². The minimum absolute atomic E-state index is 0.164. The number of ether oxygens (including phenoxy) is 1. The van der Waals surface area contributed by atoms with Gasteiger partial charge >= 0.3 is 11.6 Å². The lowest BCUT2D eigenvalue weighted by Gasteiger charge is -1.99. The highest BCUT2D eigenvalue weighted by atomic mass is 16.6. The molecule has 116 valence electrons. The highest BCUT2D eigenvalue weighted by molar-refractivity contribution is 6.09. The van der Waals surface area contributed by atoms with Crippen molar-refractivity contribution in [2.45, 2.75) is 6.92 Å². The normalized spacial score (nSPS) is 10.7. The molecule has 2 aromatic heterocycles. The Balaban J connectivity index is 1.99. The van der Waals surface area contributed by atoms with Crippen molar-refractivity contribution >= 4 is 22.7 Å². The summed E-state index contributed by atoms with van der Waals surface area (Å²) in [7, 11) is 0. The van der Waals surface area contributed by atoms with Crippen LogP contribution in [0, 0.1) is 0 Å². The number of benzene rings is 1. The number of nitrogens with zero attached hydrogens (tertiary/aromatic N) is 1. The Bertz CT molecular complexity index is 952. The molecule has 23 heavy (non-hydrogen) atoms. The van der Waals surface area contributed by atoms with E-state index in [0.29, 0.717) is 11.0 Å². The fraction of sp³-hybridized carbons (Fsp3) is 0.125. The third-order valence-electron chi connectivity index (χ3n) is 3.11. The largest absolute Gasteiger partial charge is 0.460 e. The van der Waals surface area contributed by atoms with Crippen LogP contribution in [-0.2, 0) is 4.74 Å². The van der Waals surface area contributed by atoms with Gasteiger partial charge in [-0.25, -0.2) is 9.59 Å². The summed E-state index contributed by atoms with van der Waals surface area (Å²) in [5, 5.41) is 4.11. The van der Waals surface area contributed by atoms with Gasteiger partial charge in [-0.1, -0.05) is 23.4 Å². The summed E-state index contributed by atoms with van der Waals surface area (Å²) < 4.78 is 14.6. The van der Waals surface area contributed by atoms with Gasteiger partial charge in [0.1, 0.15) is 11.1 Å². The molecule has 7 nitrogen and oxygen atoms in total. The molecule has 0 bridgehead atoms. The van der Waals surface area contributed by atoms with Gasteiger partial charge in [0.2, 0.25) is 11.5 Å². The van der Waals surface area contributed by atoms with E-state index in [1.807, 2.05) is 0 Å². The van der Waals surface area contributed by atoms with Gasteiger partial charge in [0.05, 0.1) is 6.61 Å². The Morgan fingerprint density at radius 1 is 1.22 bits per heavy atom. The summed E-state index contributed by atoms with van der Waals surface area (Å²) in [4.78, 5) is 35.8. The summed E-state index contributed by atoms with van der Waals surface area (Å²) in [6, 6.07) is 9.36. The average molecular weight is 313 g/mol. The highest BCUT2D eigenvalue weighted by Crippen LogP contribution is 2.15. The molecule has 0 radical (unpaired) electrons. The molecular weight excluding hydrogens is 302 g/mol. The van der Waals surface area contributed by atoms with Crippen molar-refractivity contribution in [3.63, 3.8) is 0 Å². The van der Waals surface area contributed by atoms with Crippen LogP contribution in [-0.4, -0.2) is 23.5 Å². The topological polar surface area (TPSA) is 99.6 Å². The fourth-order valence-corrected chi connectivity index (χ4v) is 2.04. The standard InChI is InChI=1S/C16H11NO6/c1-2-21-16(20)13-8-11(17-23-13)14(18)10-7-9-5-3-4-6-12(9)22-15(10)19/h3-8H,2H2,1H3. The van der Waals surface area contributed by atoms with Crippen molar-refractivity contribution in [1.29, 1.82) is 0 Å². The van der Waals surface area contributed by atoms with Gasteiger partial charge in [-0.05, 0) is 19.1 Å². The predicted molar refractivity (Wildman–Crippen MR) is 78.4 cm³/mol. The van der Waals surface area contributed by atoms with Crippen LogP contribution in [0.3, 0.4) is 0 Å². The van der Waals surface area contributed by atoms with Crippen LogP contribution in [0.2, 0.25) is 0 Å². The quantitative estimate of drug-likeness (QED) is 0.413. The van der Waals surface area contributed by atoms with Gasteiger partial charge in [-0.2, -0.15) is 0 Å².